The van der Waals surface area contributed by atoms with Crippen LogP contribution in [0.2, 0.25) is 0 Å². The van der Waals surface area contributed by atoms with Crippen LogP contribution in [-0.4, -0.2) is 45.0 Å². The number of benzene rings is 1. The predicted molar refractivity (Wildman–Crippen MR) is 129 cm³/mol. The maximum atomic E-state index is 12.2. The standard InChI is InChI=1S/C12H27O4P.C12H14O4/c1-4-7-10-14-17(13,15-11-8-5-2)16-12-9-6-3;1-3-15-11(13)9-7-5-6-8-10(9)12(14)16-4-2/h4-12H2,1-3H3;5-8H,3-4H2,1-2H3. The lowest BCUT2D eigenvalue weighted by molar-refractivity contribution is 0.0479. The van der Waals surface area contributed by atoms with Gasteiger partial charge in [0.05, 0.1) is 44.2 Å². The zero-order chi connectivity index (χ0) is 25.0. The van der Waals surface area contributed by atoms with E-state index in [0.717, 1.165) is 38.5 Å². The molecule has 0 amide bonds. The van der Waals surface area contributed by atoms with Crippen LogP contribution in [0.3, 0.4) is 0 Å². The van der Waals surface area contributed by atoms with Gasteiger partial charge in [-0.05, 0) is 45.2 Å². The van der Waals surface area contributed by atoms with Crippen LogP contribution in [-0.2, 0) is 27.6 Å². The molecule has 1 rings (SSSR count). The van der Waals surface area contributed by atoms with E-state index in [1.165, 1.54) is 0 Å². The summed E-state index contributed by atoms with van der Waals surface area (Å²) < 4.78 is 37.7. The third kappa shape index (κ3) is 14.2. The van der Waals surface area contributed by atoms with E-state index in [1.54, 1.807) is 38.1 Å². The van der Waals surface area contributed by atoms with Gasteiger partial charge in [-0.15, -0.1) is 0 Å². The molecule has 8 nitrogen and oxygen atoms in total. The molecule has 0 spiro atoms. The van der Waals surface area contributed by atoms with Gasteiger partial charge in [0.15, 0.2) is 0 Å². The minimum atomic E-state index is -3.31. The number of ether oxygens (including phenoxy) is 2. The van der Waals surface area contributed by atoms with Crippen LogP contribution in [0.25, 0.3) is 0 Å². The molecule has 0 saturated heterocycles. The molecule has 0 unspecified atom stereocenters. The molecule has 1 aromatic rings. The first kappa shape index (κ1) is 31.3. The number of esters is 2. The summed E-state index contributed by atoms with van der Waals surface area (Å²) >= 11 is 0. The van der Waals surface area contributed by atoms with E-state index in [1.807, 2.05) is 0 Å². The van der Waals surface area contributed by atoms with Crippen LogP contribution in [0, 0.1) is 0 Å². The third-order valence-electron chi connectivity index (χ3n) is 4.16. The van der Waals surface area contributed by atoms with Crippen molar-refractivity contribution in [3.8, 4) is 0 Å². The minimum Gasteiger partial charge on any atom is -0.462 e. The van der Waals surface area contributed by atoms with E-state index < -0.39 is 19.8 Å². The van der Waals surface area contributed by atoms with Gasteiger partial charge < -0.3 is 9.47 Å². The Morgan fingerprint density at radius 1 is 0.667 bits per heavy atom. The largest absolute Gasteiger partial charge is 0.474 e. The molecule has 0 N–H and O–H groups in total. The summed E-state index contributed by atoms with van der Waals surface area (Å²) in [6.07, 6.45) is 5.63. The molecular weight excluding hydrogens is 447 g/mol. The quantitative estimate of drug-likeness (QED) is 0.146. The Hall–Kier alpha value is -1.73. The number of unbranched alkanes of at least 4 members (excludes halogenated alkanes) is 3. The maximum absolute atomic E-state index is 12.2. The predicted octanol–water partition coefficient (Wildman–Crippen LogP) is 6.58. The third-order valence-corrected chi connectivity index (χ3v) is 5.66. The summed E-state index contributed by atoms with van der Waals surface area (Å²) in [6, 6.07) is 6.44. The van der Waals surface area contributed by atoms with Gasteiger partial charge in [0.2, 0.25) is 0 Å². The van der Waals surface area contributed by atoms with E-state index in [4.69, 9.17) is 23.0 Å². The number of rotatable bonds is 16. The van der Waals surface area contributed by atoms with Crippen molar-refractivity contribution in [2.75, 3.05) is 33.0 Å². The van der Waals surface area contributed by atoms with Crippen LogP contribution < -0.4 is 0 Å². The molecule has 0 radical (unpaired) electrons. The van der Waals surface area contributed by atoms with Crippen molar-refractivity contribution in [3.05, 3.63) is 35.4 Å². The van der Waals surface area contributed by atoms with E-state index in [9.17, 15) is 14.2 Å². The van der Waals surface area contributed by atoms with Gasteiger partial charge in [0.25, 0.3) is 0 Å². The molecule has 9 heteroatoms. The molecule has 0 aliphatic heterocycles. The average Bonchev–Trinajstić information content (AvgIpc) is 2.80. The fourth-order valence-electron chi connectivity index (χ4n) is 2.33. The van der Waals surface area contributed by atoms with Gasteiger partial charge in [0.1, 0.15) is 0 Å². The molecule has 0 fully saturated rings. The zero-order valence-electron chi connectivity index (χ0n) is 20.8. The number of phosphoric ester groups is 1. The summed E-state index contributed by atoms with van der Waals surface area (Å²) in [5.74, 6) is -1.02. The van der Waals surface area contributed by atoms with Crippen LogP contribution >= 0.6 is 7.82 Å². The van der Waals surface area contributed by atoms with E-state index in [0.29, 0.717) is 19.8 Å². The Morgan fingerprint density at radius 3 is 1.27 bits per heavy atom. The van der Waals surface area contributed by atoms with Crippen molar-refractivity contribution in [2.45, 2.75) is 73.1 Å². The topological polar surface area (TPSA) is 97.4 Å². The number of hydrogen-bond acceptors (Lipinski definition) is 8. The molecule has 0 atom stereocenters. The van der Waals surface area contributed by atoms with Crippen molar-refractivity contribution in [2.24, 2.45) is 0 Å². The number of carbonyl (C=O) groups is 2. The normalized spacial score (nSPS) is 10.8. The van der Waals surface area contributed by atoms with Crippen molar-refractivity contribution in [1.82, 2.24) is 0 Å². The Labute approximate surface area is 198 Å². The highest BCUT2D eigenvalue weighted by Crippen LogP contribution is 2.49. The number of hydrogen-bond donors (Lipinski definition) is 0. The summed E-state index contributed by atoms with van der Waals surface area (Å²) in [5.41, 5.74) is 0.477. The van der Waals surface area contributed by atoms with Gasteiger partial charge in [-0.1, -0.05) is 52.2 Å². The summed E-state index contributed by atoms with van der Waals surface area (Å²) in [6.45, 7) is 11.5. The van der Waals surface area contributed by atoms with Gasteiger partial charge >= 0.3 is 19.8 Å². The van der Waals surface area contributed by atoms with Gasteiger partial charge in [-0.3, -0.25) is 13.6 Å². The Balaban J connectivity index is 0.000000621. The molecule has 0 bridgehead atoms. The van der Waals surface area contributed by atoms with Crippen molar-refractivity contribution in [3.63, 3.8) is 0 Å². The van der Waals surface area contributed by atoms with Crippen molar-refractivity contribution < 1.29 is 37.2 Å². The van der Waals surface area contributed by atoms with Gasteiger partial charge in [-0.2, -0.15) is 0 Å². The molecule has 0 aliphatic rings. The lowest BCUT2D eigenvalue weighted by atomic mass is 10.1. The summed E-state index contributed by atoms with van der Waals surface area (Å²) in [4.78, 5) is 23.1. The van der Waals surface area contributed by atoms with Crippen molar-refractivity contribution >= 4 is 19.8 Å². The first-order valence-corrected chi connectivity index (χ1v) is 13.3. The first-order chi connectivity index (χ1) is 15.9. The Bertz CT molecular complexity index is 637. The SMILES string of the molecule is CCCCOP(=O)(OCCCC)OCCCC.CCOC(=O)c1ccccc1C(=O)OCC. The fraction of sp³-hybridized carbons (Fsp3) is 0.667. The highest BCUT2D eigenvalue weighted by Gasteiger charge is 2.25. The summed E-state index contributed by atoms with van der Waals surface area (Å²) in [5, 5.41) is 0. The molecule has 0 aromatic heterocycles. The van der Waals surface area contributed by atoms with Crippen molar-refractivity contribution in [1.29, 1.82) is 0 Å². The van der Waals surface area contributed by atoms with E-state index in [2.05, 4.69) is 20.8 Å². The second-order valence-corrected chi connectivity index (χ2v) is 8.66. The van der Waals surface area contributed by atoms with Crippen LogP contribution in [0.4, 0.5) is 0 Å². The Morgan fingerprint density at radius 2 is 1.00 bits per heavy atom. The molecule has 1 aromatic carbocycles. The number of carbonyl (C=O) groups excluding carboxylic acids is 2. The highest BCUT2D eigenvalue weighted by atomic mass is 31.2. The first-order valence-electron chi connectivity index (χ1n) is 11.9. The molecule has 0 aliphatic carbocycles. The maximum Gasteiger partial charge on any atom is 0.474 e. The monoisotopic (exact) mass is 488 g/mol. The second-order valence-electron chi connectivity index (χ2n) is 6.99. The molecule has 33 heavy (non-hydrogen) atoms. The van der Waals surface area contributed by atoms with E-state index in [-0.39, 0.29) is 24.3 Å². The van der Waals surface area contributed by atoms with E-state index >= 15 is 0 Å². The average molecular weight is 489 g/mol. The van der Waals surface area contributed by atoms with Gasteiger partial charge in [-0.25, -0.2) is 14.2 Å². The second kappa shape index (κ2) is 19.7. The minimum absolute atomic E-state index is 0.239. The zero-order valence-corrected chi connectivity index (χ0v) is 21.7. The molecule has 190 valence electrons. The molecule has 0 saturated carbocycles. The lowest BCUT2D eigenvalue weighted by Crippen LogP contribution is -2.13. The fourth-order valence-corrected chi connectivity index (χ4v) is 3.61. The lowest BCUT2D eigenvalue weighted by Gasteiger charge is -2.17. The highest BCUT2D eigenvalue weighted by molar-refractivity contribution is 7.48. The number of phosphoric acid groups is 1. The van der Waals surface area contributed by atoms with Crippen LogP contribution in [0.15, 0.2) is 24.3 Å². The Kier molecular flexibility index (Phi) is 18.7. The van der Waals surface area contributed by atoms with Crippen LogP contribution in [0.5, 0.6) is 0 Å². The molecule has 0 heterocycles. The smallest absolute Gasteiger partial charge is 0.462 e. The van der Waals surface area contributed by atoms with Gasteiger partial charge in [0, 0.05) is 0 Å². The summed E-state index contributed by atoms with van der Waals surface area (Å²) in [7, 11) is -3.31. The molecular formula is C24H41O8P. The van der Waals surface area contributed by atoms with Crippen LogP contribution in [0.1, 0.15) is 93.9 Å².